The molecule has 0 bridgehead atoms. The second-order valence-corrected chi connectivity index (χ2v) is 6.93. The van der Waals surface area contributed by atoms with Crippen molar-refractivity contribution in [3.05, 3.63) is 24.3 Å². The van der Waals surface area contributed by atoms with Gasteiger partial charge in [-0.05, 0) is 50.3 Å². The number of nitrogens with zero attached hydrogens (tertiary/aromatic N) is 1. The molecule has 1 aromatic carbocycles. The predicted octanol–water partition coefficient (Wildman–Crippen LogP) is 3.76. The first-order valence-corrected chi connectivity index (χ1v) is 8.44. The molecule has 0 spiro atoms. The van der Waals surface area contributed by atoms with Gasteiger partial charge in [-0.3, -0.25) is 0 Å². The molecular formula is C18H28N2O. The second-order valence-electron chi connectivity index (χ2n) is 6.93. The third-order valence-electron chi connectivity index (χ3n) is 4.61. The van der Waals surface area contributed by atoms with Crippen LogP contribution in [0.4, 0.5) is 5.69 Å². The molecular weight excluding hydrogens is 260 g/mol. The van der Waals surface area contributed by atoms with E-state index in [4.69, 9.17) is 4.74 Å². The maximum absolute atomic E-state index is 5.82. The van der Waals surface area contributed by atoms with Crippen molar-refractivity contribution in [1.82, 2.24) is 4.90 Å². The van der Waals surface area contributed by atoms with Crippen molar-refractivity contribution in [2.45, 2.75) is 51.6 Å². The van der Waals surface area contributed by atoms with Gasteiger partial charge >= 0.3 is 0 Å². The Morgan fingerprint density at radius 2 is 2.19 bits per heavy atom. The number of piperidine rings is 1. The number of fused-ring (bicyclic) bond motifs is 1. The zero-order valence-electron chi connectivity index (χ0n) is 13.3. The smallest absolute Gasteiger partial charge is 0.121 e. The molecule has 0 aromatic heterocycles. The summed E-state index contributed by atoms with van der Waals surface area (Å²) >= 11 is 0. The Kier molecular flexibility index (Phi) is 4.69. The fourth-order valence-corrected chi connectivity index (χ4v) is 3.53. The summed E-state index contributed by atoms with van der Waals surface area (Å²) in [5.74, 6) is 1.54. The van der Waals surface area contributed by atoms with Crippen LogP contribution in [0.1, 0.15) is 39.5 Å². The summed E-state index contributed by atoms with van der Waals surface area (Å²) in [6.07, 6.45) is 5.32. The molecule has 1 aromatic rings. The highest BCUT2D eigenvalue weighted by Gasteiger charge is 2.31. The highest BCUT2D eigenvalue weighted by Crippen LogP contribution is 2.29. The molecule has 0 aliphatic carbocycles. The van der Waals surface area contributed by atoms with Crippen molar-refractivity contribution < 1.29 is 4.74 Å². The molecule has 0 radical (unpaired) electrons. The molecule has 2 heterocycles. The van der Waals surface area contributed by atoms with Gasteiger partial charge in [0.1, 0.15) is 5.75 Å². The summed E-state index contributed by atoms with van der Waals surface area (Å²) < 4.78 is 5.82. The minimum Gasteiger partial charge on any atom is -0.493 e. The van der Waals surface area contributed by atoms with Gasteiger partial charge in [0.2, 0.25) is 0 Å². The van der Waals surface area contributed by atoms with E-state index >= 15 is 0 Å². The molecule has 3 nitrogen and oxygen atoms in total. The summed E-state index contributed by atoms with van der Waals surface area (Å²) in [4.78, 5) is 2.67. The predicted molar refractivity (Wildman–Crippen MR) is 88.0 cm³/mol. The molecule has 1 N–H and O–H groups in total. The molecule has 2 aliphatic rings. The lowest BCUT2D eigenvalue weighted by atomic mass is 9.97. The summed E-state index contributed by atoms with van der Waals surface area (Å²) in [5, 5.41) is 3.71. The summed E-state index contributed by atoms with van der Waals surface area (Å²) in [6.45, 7) is 7.71. The van der Waals surface area contributed by atoms with Crippen LogP contribution < -0.4 is 10.1 Å². The average Bonchev–Trinajstić information content (AvgIpc) is 2.93. The number of hydrogen-bond donors (Lipinski definition) is 1. The largest absolute Gasteiger partial charge is 0.493 e. The molecule has 0 saturated carbocycles. The van der Waals surface area contributed by atoms with Gasteiger partial charge in [-0.2, -0.15) is 0 Å². The van der Waals surface area contributed by atoms with Crippen molar-refractivity contribution in [1.29, 1.82) is 0 Å². The molecule has 3 rings (SSSR count). The van der Waals surface area contributed by atoms with Crippen LogP contribution in [-0.2, 0) is 0 Å². The van der Waals surface area contributed by atoms with Crippen molar-refractivity contribution >= 4 is 5.69 Å². The van der Waals surface area contributed by atoms with Gasteiger partial charge in [-0.25, -0.2) is 0 Å². The lowest BCUT2D eigenvalue weighted by Crippen LogP contribution is -2.42. The molecule has 2 fully saturated rings. The Balaban J connectivity index is 1.56. The fourth-order valence-electron chi connectivity index (χ4n) is 3.53. The van der Waals surface area contributed by atoms with Gasteiger partial charge < -0.3 is 15.0 Å². The molecule has 2 saturated heterocycles. The zero-order valence-corrected chi connectivity index (χ0v) is 13.3. The second kappa shape index (κ2) is 6.69. The Labute approximate surface area is 128 Å². The Bertz CT molecular complexity index is 460. The molecule has 3 heteroatoms. The Morgan fingerprint density at radius 3 is 3.05 bits per heavy atom. The quantitative estimate of drug-likeness (QED) is 0.893. The van der Waals surface area contributed by atoms with Crippen molar-refractivity contribution in [2.24, 2.45) is 5.92 Å². The molecule has 2 unspecified atom stereocenters. The molecule has 2 atom stereocenters. The number of nitrogens with one attached hydrogen (secondary N) is 1. The minimum absolute atomic E-state index is 0.563. The topological polar surface area (TPSA) is 24.5 Å². The number of hydrogen-bond acceptors (Lipinski definition) is 3. The molecule has 21 heavy (non-hydrogen) atoms. The van der Waals surface area contributed by atoms with Crippen LogP contribution in [-0.4, -0.2) is 36.7 Å². The van der Waals surface area contributed by atoms with E-state index in [-0.39, 0.29) is 0 Å². The van der Waals surface area contributed by atoms with Crippen LogP contribution in [0.25, 0.3) is 0 Å². The highest BCUT2D eigenvalue weighted by molar-refractivity contribution is 5.49. The van der Waals surface area contributed by atoms with Crippen LogP contribution in [0.15, 0.2) is 24.3 Å². The van der Waals surface area contributed by atoms with Crippen molar-refractivity contribution in [2.75, 3.05) is 25.0 Å². The van der Waals surface area contributed by atoms with Crippen molar-refractivity contribution in [3.8, 4) is 5.75 Å². The Hall–Kier alpha value is -1.22. The third kappa shape index (κ3) is 3.91. The summed E-state index contributed by atoms with van der Waals surface area (Å²) in [7, 11) is 0. The lowest BCUT2D eigenvalue weighted by Gasteiger charge is -2.35. The van der Waals surface area contributed by atoms with Crippen molar-refractivity contribution in [3.63, 3.8) is 0 Å². The Morgan fingerprint density at radius 1 is 1.29 bits per heavy atom. The van der Waals surface area contributed by atoms with Gasteiger partial charge in [-0.1, -0.05) is 19.9 Å². The van der Waals surface area contributed by atoms with Gasteiger partial charge in [0.05, 0.1) is 6.61 Å². The van der Waals surface area contributed by atoms with Crippen LogP contribution in [0.2, 0.25) is 0 Å². The van der Waals surface area contributed by atoms with Gasteiger partial charge in [-0.15, -0.1) is 0 Å². The first kappa shape index (κ1) is 14.7. The normalized spacial score (nSPS) is 25.9. The van der Waals surface area contributed by atoms with E-state index in [0.717, 1.165) is 18.4 Å². The number of benzene rings is 1. The van der Waals surface area contributed by atoms with E-state index in [1.807, 2.05) is 6.07 Å². The van der Waals surface area contributed by atoms with Crippen LogP contribution in [0.3, 0.4) is 0 Å². The van der Waals surface area contributed by atoms with Gasteiger partial charge in [0.25, 0.3) is 0 Å². The highest BCUT2D eigenvalue weighted by atomic mass is 16.5. The zero-order chi connectivity index (χ0) is 14.7. The molecule has 0 amide bonds. The number of rotatable bonds is 5. The van der Waals surface area contributed by atoms with E-state index in [9.17, 15) is 0 Å². The van der Waals surface area contributed by atoms with Crippen LogP contribution in [0, 0.1) is 5.92 Å². The van der Waals surface area contributed by atoms with E-state index < -0.39 is 0 Å². The van der Waals surface area contributed by atoms with Crippen LogP contribution in [0.5, 0.6) is 5.75 Å². The first-order valence-electron chi connectivity index (χ1n) is 8.44. The molecule has 116 valence electrons. The maximum Gasteiger partial charge on any atom is 0.121 e. The van der Waals surface area contributed by atoms with E-state index in [1.54, 1.807) is 0 Å². The van der Waals surface area contributed by atoms with Crippen LogP contribution >= 0.6 is 0 Å². The van der Waals surface area contributed by atoms with Gasteiger partial charge in [0.15, 0.2) is 0 Å². The molecule has 2 aliphatic heterocycles. The maximum atomic E-state index is 5.82. The lowest BCUT2D eigenvalue weighted by molar-refractivity contribution is 0.188. The number of ether oxygens (including phenoxy) is 1. The number of anilines is 1. The van der Waals surface area contributed by atoms with Gasteiger partial charge in [0, 0.05) is 30.4 Å². The minimum atomic E-state index is 0.563. The van der Waals surface area contributed by atoms with E-state index in [0.29, 0.717) is 12.0 Å². The van der Waals surface area contributed by atoms with E-state index in [1.165, 1.54) is 44.5 Å². The standard InChI is InChI=1S/C18H28N2O/c1-14(2)13-21-18-7-3-5-15(12-18)19-16-8-10-20-9-4-6-17(20)11-16/h3,5,7,12,14,16-17,19H,4,6,8-11,13H2,1-2H3. The summed E-state index contributed by atoms with van der Waals surface area (Å²) in [5.41, 5.74) is 1.20. The third-order valence-corrected chi connectivity index (χ3v) is 4.61. The first-order chi connectivity index (χ1) is 10.2. The SMILES string of the molecule is CC(C)COc1cccc(NC2CCN3CCCC3C2)c1. The fraction of sp³-hybridized carbons (Fsp3) is 0.667. The summed E-state index contributed by atoms with van der Waals surface area (Å²) in [6, 6.07) is 9.86. The average molecular weight is 288 g/mol. The monoisotopic (exact) mass is 288 g/mol. The van der Waals surface area contributed by atoms with E-state index in [2.05, 4.69) is 42.3 Å².